The molecule has 8 nitrogen and oxygen atoms in total. The van der Waals surface area contributed by atoms with Gasteiger partial charge in [0.25, 0.3) is 0 Å². The first kappa shape index (κ1) is 28.2. The number of aliphatic hydroxyl groups excluding tert-OH is 2. The molecule has 8 heteroatoms. The number of phenols is 1. The zero-order chi connectivity index (χ0) is 27.3. The van der Waals surface area contributed by atoms with Gasteiger partial charge in [0.1, 0.15) is 17.3 Å². The molecule has 0 bridgehead atoms. The maximum absolute atomic E-state index is 13.2. The number of rotatable bonds is 11. The Hall–Kier alpha value is -3.36. The molecule has 3 atom stereocenters. The van der Waals surface area contributed by atoms with Crippen molar-refractivity contribution in [1.29, 1.82) is 0 Å². The molecule has 0 heterocycles. The van der Waals surface area contributed by atoms with Gasteiger partial charge >= 0.3 is 5.97 Å². The fourth-order valence-corrected chi connectivity index (χ4v) is 5.46. The second-order valence-electron chi connectivity index (χ2n) is 9.90. The van der Waals surface area contributed by atoms with Crippen LogP contribution in [0.25, 0.3) is 11.1 Å². The Balaban J connectivity index is 1.99. The van der Waals surface area contributed by atoms with Gasteiger partial charge in [-0.15, -0.1) is 0 Å². The van der Waals surface area contributed by atoms with Gasteiger partial charge in [0.05, 0.1) is 31.3 Å². The van der Waals surface area contributed by atoms with Gasteiger partial charge in [-0.25, -0.2) is 4.79 Å². The minimum absolute atomic E-state index is 0.111. The van der Waals surface area contributed by atoms with Gasteiger partial charge in [-0.3, -0.25) is 14.4 Å². The molecule has 2 aromatic rings. The van der Waals surface area contributed by atoms with Crippen molar-refractivity contribution < 1.29 is 39.2 Å². The Kier molecular flexibility index (Phi) is 9.34. The van der Waals surface area contributed by atoms with Crippen LogP contribution in [0.3, 0.4) is 0 Å². The number of Topliss-reactive ketones (excluding diaryl/α,β-unsaturated/α-hetero) is 3. The van der Waals surface area contributed by atoms with Gasteiger partial charge in [-0.05, 0) is 85.4 Å². The number of ketones is 3. The number of hydrogen-bond acceptors (Lipinski definition) is 8. The number of aryl methyl sites for hydroxylation is 1. The van der Waals surface area contributed by atoms with E-state index in [1.807, 2.05) is 13.0 Å². The standard InChI is InChI=1S/C29H34O8/c1-16-8-20(14-21(9-16)29(36)37-3)22-4-5-25(33)28-23(22)12-18(13-27(28)35)11-19(6-7-30)24(15-31)26(34)10-17(2)32/h4-5,8-9,14,18-19,24,30-31,33H,6-7,10-13,15H2,1-3H3. The van der Waals surface area contributed by atoms with E-state index in [1.54, 1.807) is 18.2 Å². The number of carbonyl (C=O) groups is 4. The van der Waals surface area contributed by atoms with Crippen molar-refractivity contribution in [1.82, 2.24) is 0 Å². The molecular formula is C29H34O8. The monoisotopic (exact) mass is 510 g/mol. The van der Waals surface area contributed by atoms with Crippen molar-refractivity contribution in [3.8, 4) is 16.9 Å². The van der Waals surface area contributed by atoms with Gasteiger partial charge in [0.2, 0.25) is 0 Å². The first-order valence-electron chi connectivity index (χ1n) is 12.4. The fraction of sp³-hybridized carbons (Fsp3) is 0.448. The van der Waals surface area contributed by atoms with Gasteiger partial charge in [-0.1, -0.05) is 12.1 Å². The van der Waals surface area contributed by atoms with E-state index in [0.29, 0.717) is 35.1 Å². The number of esters is 1. The van der Waals surface area contributed by atoms with Crippen LogP contribution in [0.1, 0.15) is 64.4 Å². The maximum Gasteiger partial charge on any atom is 0.337 e. The number of carbonyl (C=O) groups excluding carboxylic acids is 4. The van der Waals surface area contributed by atoms with Gasteiger partial charge in [-0.2, -0.15) is 0 Å². The predicted molar refractivity (Wildman–Crippen MR) is 136 cm³/mol. The van der Waals surface area contributed by atoms with E-state index in [1.165, 1.54) is 20.1 Å². The molecule has 0 radical (unpaired) electrons. The lowest BCUT2D eigenvalue weighted by Gasteiger charge is -2.32. The van der Waals surface area contributed by atoms with Crippen molar-refractivity contribution in [2.75, 3.05) is 20.3 Å². The number of hydrogen-bond donors (Lipinski definition) is 3. The lowest BCUT2D eigenvalue weighted by molar-refractivity contribution is -0.131. The SMILES string of the molecule is COC(=O)c1cc(C)cc(-c2ccc(O)c3c2CC(CC(CCO)C(CO)C(=O)CC(C)=O)CC3=O)c1. The molecule has 1 aliphatic carbocycles. The Morgan fingerprint density at radius 1 is 1.11 bits per heavy atom. The van der Waals surface area contributed by atoms with Crippen LogP contribution >= 0.6 is 0 Å². The summed E-state index contributed by atoms with van der Waals surface area (Å²) in [5.41, 5.74) is 3.53. The number of methoxy groups -OCH3 is 1. The Labute approximate surface area is 216 Å². The summed E-state index contributed by atoms with van der Waals surface area (Å²) in [6.45, 7) is 2.52. The number of phenolic OH excluding ortho intramolecular Hbond substituents is 1. The molecule has 3 N–H and O–H groups in total. The van der Waals surface area contributed by atoms with E-state index in [4.69, 9.17) is 4.74 Å². The summed E-state index contributed by atoms with van der Waals surface area (Å²) >= 11 is 0. The van der Waals surface area contributed by atoms with Crippen LogP contribution < -0.4 is 0 Å². The number of benzene rings is 2. The maximum atomic E-state index is 13.2. The molecule has 0 spiro atoms. The normalized spacial score (nSPS) is 16.6. The second-order valence-corrected chi connectivity index (χ2v) is 9.90. The first-order chi connectivity index (χ1) is 17.6. The minimum Gasteiger partial charge on any atom is -0.507 e. The molecule has 0 aromatic heterocycles. The van der Waals surface area contributed by atoms with E-state index in [2.05, 4.69) is 0 Å². The third-order valence-corrected chi connectivity index (χ3v) is 7.08. The smallest absolute Gasteiger partial charge is 0.337 e. The summed E-state index contributed by atoms with van der Waals surface area (Å²) in [5, 5.41) is 30.1. The van der Waals surface area contributed by atoms with Crippen molar-refractivity contribution in [3.05, 3.63) is 52.6 Å². The van der Waals surface area contributed by atoms with E-state index < -0.39 is 24.4 Å². The third-order valence-electron chi connectivity index (χ3n) is 7.08. The number of fused-ring (bicyclic) bond motifs is 1. The van der Waals surface area contributed by atoms with Gasteiger partial charge in [0.15, 0.2) is 5.78 Å². The number of aliphatic hydroxyl groups is 2. The van der Waals surface area contributed by atoms with E-state index in [0.717, 1.165) is 5.56 Å². The molecule has 0 saturated carbocycles. The highest BCUT2D eigenvalue weighted by Gasteiger charge is 2.35. The average molecular weight is 511 g/mol. The minimum atomic E-state index is -0.810. The summed E-state index contributed by atoms with van der Waals surface area (Å²) in [5.74, 6) is -2.92. The van der Waals surface area contributed by atoms with Gasteiger partial charge in [0, 0.05) is 18.9 Å². The summed E-state index contributed by atoms with van der Waals surface area (Å²) in [7, 11) is 1.31. The Morgan fingerprint density at radius 2 is 1.84 bits per heavy atom. The van der Waals surface area contributed by atoms with Crippen LogP contribution in [0.15, 0.2) is 30.3 Å². The zero-order valence-corrected chi connectivity index (χ0v) is 21.5. The lowest BCUT2D eigenvalue weighted by atomic mass is 9.72. The molecule has 2 aromatic carbocycles. The van der Waals surface area contributed by atoms with E-state index >= 15 is 0 Å². The van der Waals surface area contributed by atoms with Crippen LogP contribution in [0.2, 0.25) is 0 Å². The summed E-state index contributed by atoms with van der Waals surface area (Å²) in [6, 6.07) is 8.49. The van der Waals surface area contributed by atoms with Crippen LogP contribution in [-0.4, -0.2) is 59.0 Å². The molecule has 0 aliphatic heterocycles. The molecule has 0 saturated heterocycles. The highest BCUT2D eigenvalue weighted by Crippen LogP contribution is 2.41. The Bertz CT molecular complexity index is 1200. The number of ether oxygens (including phenoxy) is 1. The highest BCUT2D eigenvalue weighted by molar-refractivity contribution is 6.03. The molecule has 0 fully saturated rings. The first-order valence-corrected chi connectivity index (χ1v) is 12.4. The molecule has 3 rings (SSSR count). The highest BCUT2D eigenvalue weighted by atomic mass is 16.5. The van der Waals surface area contributed by atoms with Crippen LogP contribution in [-0.2, 0) is 20.7 Å². The Morgan fingerprint density at radius 3 is 2.46 bits per heavy atom. The summed E-state index contributed by atoms with van der Waals surface area (Å²) in [4.78, 5) is 49.5. The van der Waals surface area contributed by atoms with E-state index in [-0.39, 0.29) is 60.4 Å². The van der Waals surface area contributed by atoms with Gasteiger partial charge < -0.3 is 20.1 Å². The van der Waals surface area contributed by atoms with E-state index in [9.17, 15) is 34.5 Å². The average Bonchev–Trinajstić information content (AvgIpc) is 2.83. The van der Waals surface area contributed by atoms with Crippen LogP contribution in [0.4, 0.5) is 0 Å². The molecule has 3 unspecified atom stereocenters. The van der Waals surface area contributed by atoms with Crippen LogP contribution in [0.5, 0.6) is 5.75 Å². The van der Waals surface area contributed by atoms with Crippen molar-refractivity contribution in [3.63, 3.8) is 0 Å². The quantitative estimate of drug-likeness (QED) is 0.309. The summed E-state index contributed by atoms with van der Waals surface area (Å²) in [6.07, 6.45) is 0.920. The van der Waals surface area contributed by atoms with Crippen molar-refractivity contribution in [2.24, 2.45) is 17.8 Å². The topological polar surface area (TPSA) is 138 Å². The predicted octanol–water partition coefficient (Wildman–Crippen LogP) is 3.44. The third kappa shape index (κ3) is 6.50. The summed E-state index contributed by atoms with van der Waals surface area (Å²) < 4.78 is 4.87. The van der Waals surface area contributed by atoms with Crippen LogP contribution in [0, 0.1) is 24.7 Å². The number of aromatic hydroxyl groups is 1. The largest absolute Gasteiger partial charge is 0.507 e. The molecule has 37 heavy (non-hydrogen) atoms. The lowest BCUT2D eigenvalue weighted by Crippen LogP contribution is -2.32. The zero-order valence-electron chi connectivity index (χ0n) is 21.5. The molecule has 1 aliphatic rings. The molecular weight excluding hydrogens is 476 g/mol. The second kappa shape index (κ2) is 12.3. The molecule has 198 valence electrons. The van der Waals surface area contributed by atoms with Crippen molar-refractivity contribution >= 4 is 23.3 Å². The van der Waals surface area contributed by atoms with Crippen molar-refractivity contribution in [2.45, 2.75) is 46.0 Å². The molecule has 0 amide bonds. The fourth-order valence-electron chi connectivity index (χ4n) is 5.46.